The second kappa shape index (κ2) is 6.89. The van der Waals surface area contributed by atoms with E-state index in [0.717, 1.165) is 24.4 Å². The van der Waals surface area contributed by atoms with E-state index in [-0.39, 0.29) is 5.82 Å². The molecule has 0 bridgehead atoms. The van der Waals surface area contributed by atoms with Crippen LogP contribution in [0.3, 0.4) is 0 Å². The quantitative estimate of drug-likeness (QED) is 0.834. The Morgan fingerprint density at radius 1 is 1.28 bits per heavy atom. The lowest BCUT2D eigenvalue weighted by molar-refractivity contribution is 0.269. The van der Waals surface area contributed by atoms with Crippen molar-refractivity contribution < 1.29 is 4.39 Å². The van der Waals surface area contributed by atoms with Crippen molar-refractivity contribution in [1.82, 2.24) is 5.32 Å². The maximum Gasteiger partial charge on any atom is 0.123 e. The van der Waals surface area contributed by atoms with Crippen molar-refractivity contribution in [2.45, 2.75) is 51.5 Å². The molecule has 1 N–H and O–H groups in total. The van der Waals surface area contributed by atoms with Gasteiger partial charge in [-0.3, -0.25) is 0 Å². The van der Waals surface area contributed by atoms with Crippen molar-refractivity contribution in [2.75, 3.05) is 6.54 Å². The second-order valence-corrected chi connectivity index (χ2v) is 5.40. The molecule has 2 rings (SSSR count). The third-order valence-corrected chi connectivity index (χ3v) is 4.03. The van der Waals surface area contributed by atoms with Crippen molar-refractivity contribution in [3.63, 3.8) is 0 Å². The first-order chi connectivity index (χ1) is 8.79. The molecule has 0 amide bonds. The van der Waals surface area contributed by atoms with Crippen LogP contribution < -0.4 is 5.32 Å². The third kappa shape index (κ3) is 3.81. The molecular weight excluding hydrogens is 225 g/mol. The fraction of sp³-hybridized carbons (Fsp3) is 0.625. The van der Waals surface area contributed by atoms with Crippen LogP contribution in [0, 0.1) is 11.7 Å². The molecule has 18 heavy (non-hydrogen) atoms. The van der Waals surface area contributed by atoms with Crippen molar-refractivity contribution in [1.29, 1.82) is 0 Å². The molecule has 1 fully saturated rings. The largest absolute Gasteiger partial charge is 0.314 e. The van der Waals surface area contributed by atoms with Gasteiger partial charge < -0.3 is 5.32 Å². The predicted molar refractivity (Wildman–Crippen MR) is 74.1 cm³/mol. The highest BCUT2D eigenvalue weighted by atomic mass is 19.1. The van der Waals surface area contributed by atoms with E-state index in [2.05, 4.69) is 12.2 Å². The molecule has 0 aliphatic heterocycles. The molecule has 0 heterocycles. The molecule has 2 heteroatoms. The van der Waals surface area contributed by atoms with Gasteiger partial charge in [-0.25, -0.2) is 4.39 Å². The molecule has 1 aromatic carbocycles. The van der Waals surface area contributed by atoms with Crippen LogP contribution in [-0.4, -0.2) is 12.6 Å². The Bertz CT molecular complexity index is 358. The average molecular weight is 249 g/mol. The van der Waals surface area contributed by atoms with Gasteiger partial charge in [0.15, 0.2) is 0 Å². The zero-order valence-electron chi connectivity index (χ0n) is 11.3. The van der Waals surface area contributed by atoms with E-state index in [9.17, 15) is 4.39 Å². The van der Waals surface area contributed by atoms with Crippen LogP contribution >= 0.6 is 0 Å². The van der Waals surface area contributed by atoms with Gasteiger partial charge in [-0.05, 0) is 49.4 Å². The monoisotopic (exact) mass is 249 g/mol. The van der Waals surface area contributed by atoms with Crippen molar-refractivity contribution in [3.05, 3.63) is 35.6 Å². The van der Waals surface area contributed by atoms with Crippen LogP contribution in [0.2, 0.25) is 0 Å². The molecular formula is C16H24FN. The molecule has 1 nitrogen and oxygen atoms in total. The fourth-order valence-corrected chi connectivity index (χ4v) is 3.12. The standard InChI is InChI=1S/C16H24FN/c1-2-18-16(14-8-4-3-5-9-14)12-13-7-6-10-15(17)11-13/h6-7,10-11,14,16,18H,2-5,8-9,12H2,1H3. The number of benzene rings is 1. The number of halogens is 1. The van der Waals surface area contributed by atoms with E-state index in [1.807, 2.05) is 12.1 Å². The lowest BCUT2D eigenvalue weighted by Crippen LogP contribution is -2.39. The average Bonchev–Trinajstić information content (AvgIpc) is 2.39. The first-order valence-corrected chi connectivity index (χ1v) is 7.27. The van der Waals surface area contributed by atoms with Gasteiger partial charge in [0.25, 0.3) is 0 Å². The molecule has 0 spiro atoms. The zero-order chi connectivity index (χ0) is 12.8. The maximum absolute atomic E-state index is 13.2. The highest BCUT2D eigenvalue weighted by Crippen LogP contribution is 2.28. The Labute approximate surface area is 110 Å². The Morgan fingerprint density at radius 3 is 2.72 bits per heavy atom. The van der Waals surface area contributed by atoms with Gasteiger partial charge in [0.05, 0.1) is 0 Å². The molecule has 1 aromatic rings. The van der Waals surface area contributed by atoms with E-state index in [0.29, 0.717) is 6.04 Å². The van der Waals surface area contributed by atoms with Gasteiger partial charge in [-0.2, -0.15) is 0 Å². The Balaban J connectivity index is 2.00. The summed E-state index contributed by atoms with van der Waals surface area (Å²) in [4.78, 5) is 0. The van der Waals surface area contributed by atoms with E-state index < -0.39 is 0 Å². The highest BCUT2D eigenvalue weighted by Gasteiger charge is 2.23. The maximum atomic E-state index is 13.2. The van der Waals surface area contributed by atoms with Crippen LogP contribution in [0.25, 0.3) is 0 Å². The van der Waals surface area contributed by atoms with Gasteiger partial charge in [0.2, 0.25) is 0 Å². The lowest BCUT2D eigenvalue weighted by atomic mass is 9.81. The molecule has 1 saturated carbocycles. The van der Waals surface area contributed by atoms with Gasteiger partial charge in [0.1, 0.15) is 5.82 Å². The normalized spacial score (nSPS) is 18.8. The summed E-state index contributed by atoms with van der Waals surface area (Å²) in [6.45, 7) is 3.15. The lowest BCUT2D eigenvalue weighted by Gasteiger charge is -2.31. The van der Waals surface area contributed by atoms with Gasteiger partial charge in [0, 0.05) is 6.04 Å². The minimum atomic E-state index is -0.119. The summed E-state index contributed by atoms with van der Waals surface area (Å²) in [6.07, 6.45) is 7.71. The van der Waals surface area contributed by atoms with E-state index in [4.69, 9.17) is 0 Å². The van der Waals surface area contributed by atoms with Gasteiger partial charge in [-0.15, -0.1) is 0 Å². The smallest absolute Gasteiger partial charge is 0.123 e. The zero-order valence-corrected chi connectivity index (χ0v) is 11.3. The summed E-state index contributed by atoms with van der Waals surface area (Å²) in [7, 11) is 0. The van der Waals surface area contributed by atoms with Gasteiger partial charge >= 0.3 is 0 Å². The minimum Gasteiger partial charge on any atom is -0.314 e. The predicted octanol–water partition coefficient (Wildman–Crippen LogP) is 3.93. The summed E-state index contributed by atoms with van der Waals surface area (Å²) in [5.74, 6) is 0.647. The fourth-order valence-electron chi connectivity index (χ4n) is 3.12. The van der Waals surface area contributed by atoms with Crippen LogP contribution in [0.1, 0.15) is 44.6 Å². The number of nitrogens with one attached hydrogen (secondary N) is 1. The third-order valence-electron chi connectivity index (χ3n) is 4.03. The Hall–Kier alpha value is -0.890. The van der Waals surface area contributed by atoms with Crippen molar-refractivity contribution >= 4 is 0 Å². The van der Waals surface area contributed by atoms with E-state index in [1.165, 1.54) is 38.2 Å². The topological polar surface area (TPSA) is 12.0 Å². The van der Waals surface area contributed by atoms with Crippen LogP contribution in [0.15, 0.2) is 24.3 Å². The van der Waals surface area contributed by atoms with Crippen molar-refractivity contribution in [2.24, 2.45) is 5.92 Å². The molecule has 0 radical (unpaired) electrons. The minimum absolute atomic E-state index is 0.119. The van der Waals surface area contributed by atoms with Crippen LogP contribution in [0.4, 0.5) is 4.39 Å². The molecule has 0 saturated heterocycles. The molecule has 100 valence electrons. The SMILES string of the molecule is CCNC(Cc1cccc(F)c1)C1CCCCC1. The van der Waals surface area contributed by atoms with Gasteiger partial charge in [-0.1, -0.05) is 38.3 Å². The van der Waals surface area contributed by atoms with Crippen molar-refractivity contribution in [3.8, 4) is 0 Å². The number of likely N-dealkylation sites (N-methyl/N-ethyl adjacent to an activating group) is 1. The summed E-state index contributed by atoms with van der Waals surface area (Å²) >= 11 is 0. The summed E-state index contributed by atoms with van der Waals surface area (Å²) in [6, 6.07) is 7.56. The Morgan fingerprint density at radius 2 is 2.06 bits per heavy atom. The molecule has 1 aliphatic rings. The first-order valence-electron chi connectivity index (χ1n) is 7.27. The summed E-state index contributed by atoms with van der Waals surface area (Å²) in [5.41, 5.74) is 1.12. The van der Waals surface area contributed by atoms with E-state index >= 15 is 0 Å². The molecule has 0 aromatic heterocycles. The first kappa shape index (κ1) is 13.5. The van der Waals surface area contributed by atoms with Crippen LogP contribution in [-0.2, 0) is 6.42 Å². The molecule has 1 unspecified atom stereocenters. The number of rotatable bonds is 5. The second-order valence-electron chi connectivity index (χ2n) is 5.40. The number of hydrogen-bond donors (Lipinski definition) is 1. The summed E-state index contributed by atoms with van der Waals surface area (Å²) in [5, 5.41) is 3.60. The molecule has 1 aliphatic carbocycles. The van der Waals surface area contributed by atoms with E-state index in [1.54, 1.807) is 6.07 Å². The molecule has 1 atom stereocenters. The highest BCUT2D eigenvalue weighted by molar-refractivity contribution is 5.17. The Kier molecular flexibility index (Phi) is 5.18. The van der Waals surface area contributed by atoms with Crippen LogP contribution in [0.5, 0.6) is 0 Å². The number of hydrogen-bond acceptors (Lipinski definition) is 1. The summed E-state index contributed by atoms with van der Waals surface area (Å²) < 4.78 is 13.2.